The van der Waals surface area contributed by atoms with E-state index in [1.165, 1.54) is 7.05 Å². The molecule has 0 saturated carbocycles. The van der Waals surface area contributed by atoms with Crippen LogP contribution in [0.5, 0.6) is 0 Å². The van der Waals surface area contributed by atoms with Crippen molar-refractivity contribution in [3.05, 3.63) is 59.2 Å². The molecule has 7 nitrogen and oxygen atoms in total. The number of esters is 1. The first-order valence-electron chi connectivity index (χ1n) is 9.36. The molecule has 0 aliphatic carbocycles. The summed E-state index contributed by atoms with van der Waals surface area (Å²) in [4.78, 5) is 50.2. The molecule has 0 spiro atoms. The van der Waals surface area contributed by atoms with Crippen LogP contribution in [0.15, 0.2) is 47.4 Å². The van der Waals surface area contributed by atoms with Crippen molar-refractivity contribution in [1.82, 2.24) is 4.90 Å². The van der Waals surface area contributed by atoms with E-state index in [0.29, 0.717) is 10.6 Å². The van der Waals surface area contributed by atoms with Crippen molar-refractivity contribution in [3.63, 3.8) is 0 Å². The number of hydrogen-bond donors (Lipinski definition) is 1. The number of hydrogen-bond acceptors (Lipinski definition) is 6. The number of benzene rings is 2. The maximum Gasteiger partial charge on any atom is 0.339 e. The highest BCUT2D eigenvalue weighted by Gasteiger charge is 2.37. The van der Waals surface area contributed by atoms with Gasteiger partial charge in [-0.25, -0.2) is 4.79 Å². The summed E-state index contributed by atoms with van der Waals surface area (Å²) in [6.45, 7) is 3.41. The van der Waals surface area contributed by atoms with Crippen LogP contribution < -0.4 is 5.32 Å². The molecule has 3 rings (SSSR count). The van der Waals surface area contributed by atoms with Gasteiger partial charge in [-0.05, 0) is 37.6 Å². The molecule has 1 aliphatic heterocycles. The number of likely N-dealkylation sites (tertiary alicyclic amines) is 1. The number of imide groups is 1. The summed E-state index contributed by atoms with van der Waals surface area (Å²) in [6.07, 6.45) is 0.0850. The third-order valence-corrected chi connectivity index (χ3v) is 5.97. The number of thioether (sulfide) groups is 1. The molecule has 30 heavy (non-hydrogen) atoms. The third-order valence-electron chi connectivity index (χ3n) is 4.71. The summed E-state index contributed by atoms with van der Waals surface area (Å²) in [5, 5.41) is 2.14. The van der Waals surface area contributed by atoms with Crippen molar-refractivity contribution < 1.29 is 23.9 Å². The fraction of sp³-hybridized carbons (Fsp3) is 0.273. The number of amides is 3. The largest absolute Gasteiger partial charge is 0.452 e. The highest BCUT2D eigenvalue weighted by atomic mass is 32.2. The zero-order valence-electron chi connectivity index (χ0n) is 16.9. The van der Waals surface area contributed by atoms with E-state index in [1.807, 2.05) is 26.0 Å². The molecule has 0 aromatic heterocycles. The van der Waals surface area contributed by atoms with Crippen LogP contribution >= 0.6 is 11.8 Å². The summed E-state index contributed by atoms with van der Waals surface area (Å²) < 4.78 is 5.17. The Labute approximate surface area is 178 Å². The van der Waals surface area contributed by atoms with Crippen molar-refractivity contribution in [2.75, 3.05) is 19.0 Å². The molecule has 0 radical (unpaired) electrons. The van der Waals surface area contributed by atoms with Crippen molar-refractivity contribution in [2.45, 2.75) is 30.4 Å². The standard InChI is InChI=1S/C22H22N2O5S/c1-13-8-9-16(14(2)10-13)23-19(25)12-29-22(28)15-6-4-5-7-17(15)30-18-11-20(26)24(3)21(18)27/h4-10,18H,11-12H2,1-3H3,(H,23,25). The molecular weight excluding hydrogens is 404 g/mol. The molecule has 1 aliphatic rings. The molecule has 8 heteroatoms. The smallest absolute Gasteiger partial charge is 0.339 e. The lowest BCUT2D eigenvalue weighted by Crippen LogP contribution is -2.26. The van der Waals surface area contributed by atoms with Crippen molar-refractivity contribution in [2.24, 2.45) is 0 Å². The average Bonchev–Trinajstić information content (AvgIpc) is 2.95. The molecule has 1 unspecified atom stereocenters. The Hall–Kier alpha value is -3.13. The van der Waals surface area contributed by atoms with Crippen molar-refractivity contribution >= 4 is 41.1 Å². The van der Waals surface area contributed by atoms with E-state index in [0.717, 1.165) is 27.8 Å². The maximum atomic E-state index is 12.5. The van der Waals surface area contributed by atoms with E-state index in [1.54, 1.807) is 30.3 Å². The minimum Gasteiger partial charge on any atom is -0.452 e. The maximum absolute atomic E-state index is 12.5. The zero-order valence-corrected chi connectivity index (χ0v) is 17.7. The van der Waals surface area contributed by atoms with E-state index in [2.05, 4.69) is 5.32 Å². The molecule has 2 aromatic carbocycles. The first-order valence-corrected chi connectivity index (χ1v) is 10.2. The van der Waals surface area contributed by atoms with E-state index < -0.39 is 23.7 Å². The Morgan fingerprint density at radius 3 is 2.57 bits per heavy atom. The van der Waals surface area contributed by atoms with E-state index in [-0.39, 0.29) is 23.8 Å². The predicted octanol–water partition coefficient (Wildman–Crippen LogP) is 2.95. The highest BCUT2D eigenvalue weighted by Crippen LogP contribution is 2.33. The van der Waals surface area contributed by atoms with Crippen LogP contribution in [0.4, 0.5) is 5.69 Å². The zero-order chi connectivity index (χ0) is 21.8. The summed E-state index contributed by atoms with van der Waals surface area (Å²) >= 11 is 1.15. The minimum absolute atomic E-state index is 0.0850. The van der Waals surface area contributed by atoms with Gasteiger partial charge >= 0.3 is 5.97 Å². The van der Waals surface area contributed by atoms with Gasteiger partial charge in [0.05, 0.1) is 10.8 Å². The first kappa shape index (κ1) is 21.6. The summed E-state index contributed by atoms with van der Waals surface area (Å²) in [5.74, 6) is -1.65. The Kier molecular flexibility index (Phi) is 6.56. The molecule has 1 heterocycles. The second-order valence-electron chi connectivity index (χ2n) is 7.04. The fourth-order valence-electron chi connectivity index (χ4n) is 3.05. The van der Waals surface area contributed by atoms with Crippen LogP contribution in [0.25, 0.3) is 0 Å². The molecule has 1 N–H and O–H groups in total. The number of ether oxygens (including phenoxy) is 1. The first-order chi connectivity index (χ1) is 14.3. The van der Waals surface area contributed by atoms with Crippen molar-refractivity contribution in [3.8, 4) is 0 Å². The Morgan fingerprint density at radius 1 is 1.17 bits per heavy atom. The molecule has 1 saturated heterocycles. The van der Waals surface area contributed by atoms with Crippen LogP contribution in [0.1, 0.15) is 27.9 Å². The van der Waals surface area contributed by atoms with Gasteiger partial charge in [0.2, 0.25) is 11.8 Å². The average molecular weight is 426 g/mol. The van der Waals surface area contributed by atoms with Crippen LogP contribution in [0.3, 0.4) is 0 Å². The van der Waals surface area contributed by atoms with Gasteiger partial charge in [-0.2, -0.15) is 0 Å². The third kappa shape index (κ3) is 4.88. The Balaban J connectivity index is 1.62. The van der Waals surface area contributed by atoms with Gasteiger partial charge in [-0.1, -0.05) is 29.8 Å². The van der Waals surface area contributed by atoms with Gasteiger partial charge in [-0.3, -0.25) is 19.3 Å². The molecule has 3 amide bonds. The Morgan fingerprint density at radius 2 is 1.90 bits per heavy atom. The number of anilines is 1. The SMILES string of the molecule is Cc1ccc(NC(=O)COC(=O)c2ccccc2SC2CC(=O)N(C)C2=O)c(C)c1. The minimum atomic E-state index is -0.668. The van der Waals surface area contributed by atoms with Crippen LogP contribution in [-0.2, 0) is 19.1 Å². The number of nitrogens with one attached hydrogen (secondary N) is 1. The Bertz CT molecular complexity index is 1020. The van der Waals surface area contributed by atoms with Gasteiger partial charge in [0.25, 0.3) is 5.91 Å². The van der Waals surface area contributed by atoms with Crippen LogP contribution in [0.2, 0.25) is 0 Å². The number of rotatable bonds is 6. The summed E-state index contributed by atoms with van der Waals surface area (Å²) in [7, 11) is 1.44. The lowest BCUT2D eigenvalue weighted by Gasteiger charge is -2.13. The van der Waals surface area contributed by atoms with Gasteiger partial charge in [0.15, 0.2) is 6.61 Å². The van der Waals surface area contributed by atoms with Crippen LogP contribution in [-0.4, -0.2) is 47.5 Å². The van der Waals surface area contributed by atoms with E-state index in [4.69, 9.17) is 4.74 Å². The molecule has 2 aromatic rings. The van der Waals surface area contributed by atoms with Gasteiger partial charge < -0.3 is 10.1 Å². The fourth-order valence-corrected chi connectivity index (χ4v) is 4.28. The molecule has 1 atom stereocenters. The lowest BCUT2D eigenvalue weighted by molar-refractivity contribution is -0.136. The van der Waals surface area contributed by atoms with Gasteiger partial charge in [0.1, 0.15) is 0 Å². The monoisotopic (exact) mass is 426 g/mol. The molecule has 1 fully saturated rings. The van der Waals surface area contributed by atoms with E-state index in [9.17, 15) is 19.2 Å². The normalized spacial score (nSPS) is 16.0. The second kappa shape index (κ2) is 9.13. The second-order valence-corrected chi connectivity index (χ2v) is 8.29. The predicted molar refractivity (Wildman–Crippen MR) is 113 cm³/mol. The highest BCUT2D eigenvalue weighted by molar-refractivity contribution is 8.00. The van der Waals surface area contributed by atoms with Crippen molar-refractivity contribution in [1.29, 1.82) is 0 Å². The molecular formula is C22H22N2O5S. The number of nitrogens with zero attached hydrogens (tertiary/aromatic N) is 1. The number of aryl methyl sites for hydroxylation is 2. The van der Waals surface area contributed by atoms with Gasteiger partial charge in [-0.15, -0.1) is 11.8 Å². The topological polar surface area (TPSA) is 92.8 Å². The number of carbonyl (C=O) groups excluding carboxylic acids is 4. The van der Waals surface area contributed by atoms with Gasteiger partial charge in [0, 0.05) is 24.1 Å². The number of carbonyl (C=O) groups is 4. The molecule has 0 bridgehead atoms. The summed E-state index contributed by atoms with van der Waals surface area (Å²) in [6, 6.07) is 12.3. The summed E-state index contributed by atoms with van der Waals surface area (Å²) in [5.41, 5.74) is 2.90. The lowest BCUT2D eigenvalue weighted by atomic mass is 10.1. The van der Waals surface area contributed by atoms with Crippen LogP contribution in [0, 0.1) is 13.8 Å². The van der Waals surface area contributed by atoms with E-state index >= 15 is 0 Å². The quantitative estimate of drug-likeness (QED) is 0.564. The molecule has 156 valence electrons.